The molecule has 0 spiro atoms. The fourth-order valence-electron chi connectivity index (χ4n) is 2.27. The summed E-state index contributed by atoms with van der Waals surface area (Å²) in [6, 6.07) is 11.7. The Hall–Kier alpha value is -2.69. The van der Waals surface area contributed by atoms with Gasteiger partial charge in [0.1, 0.15) is 10.8 Å². The number of sulfonamides is 1. The molecule has 1 heterocycles. The van der Waals surface area contributed by atoms with E-state index in [1.54, 1.807) is 24.3 Å². The third-order valence-corrected chi connectivity index (χ3v) is 6.13. The molecule has 1 aromatic heterocycles. The summed E-state index contributed by atoms with van der Waals surface area (Å²) < 4.78 is 39.9. The number of aromatic nitrogens is 2. The van der Waals surface area contributed by atoms with E-state index < -0.39 is 21.7 Å². The van der Waals surface area contributed by atoms with Crippen molar-refractivity contribution in [1.82, 2.24) is 14.9 Å². The number of carbonyl (C=O) groups is 1. The summed E-state index contributed by atoms with van der Waals surface area (Å²) in [5.74, 6) is -0.856. The van der Waals surface area contributed by atoms with Crippen molar-refractivity contribution in [2.75, 3.05) is 11.9 Å². The van der Waals surface area contributed by atoms with Crippen molar-refractivity contribution in [2.45, 2.75) is 18.2 Å². The van der Waals surface area contributed by atoms with Crippen LogP contribution in [0.4, 0.5) is 9.52 Å². The van der Waals surface area contributed by atoms with E-state index in [2.05, 4.69) is 20.2 Å². The summed E-state index contributed by atoms with van der Waals surface area (Å²) in [4.78, 5) is 12.3. The Balaban J connectivity index is 1.54. The van der Waals surface area contributed by atoms with Crippen LogP contribution in [0, 0.1) is 12.7 Å². The van der Waals surface area contributed by atoms with Gasteiger partial charge in [0, 0.05) is 18.5 Å². The quantitative estimate of drug-likeness (QED) is 0.612. The number of carbonyl (C=O) groups excluding carboxylic acids is 1. The largest absolute Gasteiger partial charge is 0.296 e. The number of anilines is 1. The minimum absolute atomic E-state index is 0.150. The van der Waals surface area contributed by atoms with Crippen LogP contribution in [-0.4, -0.2) is 31.1 Å². The van der Waals surface area contributed by atoms with Crippen LogP contribution in [0.1, 0.15) is 20.9 Å². The normalized spacial score (nSPS) is 11.4. The maximum atomic E-state index is 12.9. The molecule has 3 aromatic rings. The summed E-state index contributed by atoms with van der Waals surface area (Å²) in [7, 11) is -3.59. The summed E-state index contributed by atoms with van der Waals surface area (Å²) in [6.45, 7) is 2.03. The molecule has 3 rings (SSSR count). The SMILES string of the molecule is Cc1ccc(S(=O)(=O)NCCc2nnc(NC(=O)c3ccc(F)cc3)s2)cc1. The van der Waals surface area contributed by atoms with Crippen molar-refractivity contribution in [1.29, 1.82) is 0 Å². The number of hydrogen-bond donors (Lipinski definition) is 2. The minimum atomic E-state index is -3.59. The topological polar surface area (TPSA) is 101 Å². The first-order valence-electron chi connectivity index (χ1n) is 8.29. The van der Waals surface area contributed by atoms with Gasteiger partial charge in [-0.05, 0) is 43.3 Å². The van der Waals surface area contributed by atoms with Crippen molar-refractivity contribution in [2.24, 2.45) is 0 Å². The first-order valence-corrected chi connectivity index (χ1v) is 10.6. The van der Waals surface area contributed by atoms with Crippen molar-refractivity contribution in [3.63, 3.8) is 0 Å². The van der Waals surface area contributed by atoms with Crippen LogP contribution >= 0.6 is 11.3 Å². The highest BCUT2D eigenvalue weighted by Crippen LogP contribution is 2.17. The number of benzene rings is 2. The number of nitrogens with one attached hydrogen (secondary N) is 2. The molecular weight excluding hydrogens is 403 g/mol. The van der Waals surface area contributed by atoms with Crippen LogP contribution in [0.25, 0.3) is 0 Å². The second-order valence-corrected chi connectivity index (χ2v) is 8.75. The summed E-state index contributed by atoms with van der Waals surface area (Å²) in [5.41, 5.74) is 1.27. The molecule has 28 heavy (non-hydrogen) atoms. The Bertz CT molecular complexity index is 1060. The second kappa shape index (κ2) is 8.55. The molecule has 0 aliphatic heterocycles. The molecule has 0 saturated heterocycles. The van der Waals surface area contributed by atoms with Gasteiger partial charge in [-0.1, -0.05) is 29.0 Å². The van der Waals surface area contributed by atoms with Gasteiger partial charge in [-0.25, -0.2) is 17.5 Å². The van der Waals surface area contributed by atoms with Crippen LogP contribution in [0.5, 0.6) is 0 Å². The second-order valence-electron chi connectivity index (χ2n) is 5.92. The Kier molecular flexibility index (Phi) is 6.12. The van der Waals surface area contributed by atoms with E-state index in [1.165, 1.54) is 24.3 Å². The molecule has 0 radical (unpaired) electrons. The van der Waals surface area contributed by atoms with Gasteiger partial charge in [-0.2, -0.15) is 0 Å². The van der Waals surface area contributed by atoms with Crippen LogP contribution < -0.4 is 10.0 Å². The lowest BCUT2D eigenvalue weighted by Crippen LogP contribution is -2.25. The van der Waals surface area contributed by atoms with Crippen molar-refractivity contribution >= 4 is 32.4 Å². The highest BCUT2D eigenvalue weighted by atomic mass is 32.2. The van der Waals surface area contributed by atoms with E-state index in [9.17, 15) is 17.6 Å². The van der Waals surface area contributed by atoms with Crippen LogP contribution in [0.3, 0.4) is 0 Å². The van der Waals surface area contributed by atoms with Gasteiger partial charge < -0.3 is 0 Å². The third kappa shape index (κ3) is 5.18. The maximum Gasteiger partial charge on any atom is 0.257 e. The molecule has 0 unspecified atom stereocenters. The molecule has 10 heteroatoms. The molecule has 2 aromatic carbocycles. The maximum absolute atomic E-state index is 12.9. The van der Waals surface area contributed by atoms with Gasteiger partial charge in [-0.3, -0.25) is 10.1 Å². The molecule has 7 nitrogen and oxygen atoms in total. The smallest absolute Gasteiger partial charge is 0.257 e. The number of aryl methyl sites for hydroxylation is 1. The molecule has 2 N–H and O–H groups in total. The molecule has 1 amide bonds. The van der Waals surface area contributed by atoms with E-state index in [1.807, 2.05) is 6.92 Å². The van der Waals surface area contributed by atoms with Crippen molar-refractivity contribution in [3.05, 3.63) is 70.5 Å². The monoisotopic (exact) mass is 420 g/mol. The van der Waals surface area contributed by atoms with Gasteiger partial charge in [0.2, 0.25) is 15.2 Å². The van der Waals surface area contributed by atoms with Crippen LogP contribution in [0.15, 0.2) is 53.4 Å². The zero-order chi connectivity index (χ0) is 20.1. The number of nitrogens with zero attached hydrogens (tertiary/aromatic N) is 2. The molecule has 0 bridgehead atoms. The van der Waals surface area contributed by atoms with Crippen LogP contribution in [0.2, 0.25) is 0 Å². The van der Waals surface area contributed by atoms with E-state index in [0.29, 0.717) is 17.0 Å². The Morgan fingerprint density at radius 3 is 2.43 bits per heavy atom. The van der Waals surface area contributed by atoms with Gasteiger partial charge in [-0.15, -0.1) is 10.2 Å². The van der Waals surface area contributed by atoms with Crippen molar-refractivity contribution < 1.29 is 17.6 Å². The molecule has 0 atom stereocenters. The standard InChI is InChI=1S/C18H17FN4O3S2/c1-12-2-8-15(9-3-12)28(25,26)20-11-10-16-22-23-18(27-16)21-17(24)13-4-6-14(19)7-5-13/h2-9,20H,10-11H2,1H3,(H,21,23,24). The minimum Gasteiger partial charge on any atom is -0.296 e. The molecule has 146 valence electrons. The molecular formula is C18H17FN4O3S2. The van der Waals surface area contributed by atoms with Gasteiger partial charge in [0.15, 0.2) is 0 Å². The fourth-order valence-corrected chi connectivity index (χ4v) is 4.03. The summed E-state index contributed by atoms with van der Waals surface area (Å²) in [6.07, 6.45) is 0.329. The predicted molar refractivity (Wildman–Crippen MR) is 104 cm³/mol. The molecule has 0 fully saturated rings. The van der Waals surface area contributed by atoms with E-state index in [4.69, 9.17) is 0 Å². The molecule has 0 saturated carbocycles. The van der Waals surface area contributed by atoms with Gasteiger partial charge in [0.25, 0.3) is 5.91 Å². The zero-order valence-electron chi connectivity index (χ0n) is 14.8. The Morgan fingerprint density at radius 1 is 1.07 bits per heavy atom. The lowest BCUT2D eigenvalue weighted by Gasteiger charge is -2.05. The highest BCUT2D eigenvalue weighted by molar-refractivity contribution is 7.89. The van der Waals surface area contributed by atoms with Gasteiger partial charge in [0.05, 0.1) is 4.90 Å². The Labute approximate surface area is 165 Å². The molecule has 0 aliphatic carbocycles. The van der Waals surface area contributed by atoms with E-state index in [-0.39, 0.29) is 16.6 Å². The first kappa shape index (κ1) is 20.1. The molecule has 0 aliphatic rings. The summed E-state index contributed by atoms with van der Waals surface area (Å²) >= 11 is 1.14. The lowest BCUT2D eigenvalue weighted by molar-refractivity contribution is 0.102. The number of amides is 1. The van der Waals surface area contributed by atoms with Crippen molar-refractivity contribution in [3.8, 4) is 0 Å². The fraction of sp³-hybridized carbons (Fsp3) is 0.167. The Morgan fingerprint density at radius 2 is 1.75 bits per heavy atom. The average molecular weight is 420 g/mol. The predicted octanol–water partition coefficient (Wildman–Crippen LogP) is 2.76. The number of hydrogen-bond acceptors (Lipinski definition) is 6. The number of rotatable bonds is 7. The number of halogens is 1. The highest BCUT2D eigenvalue weighted by Gasteiger charge is 2.14. The van der Waals surface area contributed by atoms with E-state index in [0.717, 1.165) is 16.9 Å². The van der Waals surface area contributed by atoms with E-state index >= 15 is 0 Å². The zero-order valence-corrected chi connectivity index (χ0v) is 16.5. The van der Waals surface area contributed by atoms with Crippen LogP contribution in [-0.2, 0) is 16.4 Å². The summed E-state index contributed by atoms with van der Waals surface area (Å²) in [5, 5.41) is 11.2. The first-order chi connectivity index (χ1) is 13.3. The lowest BCUT2D eigenvalue weighted by atomic mass is 10.2. The third-order valence-electron chi connectivity index (χ3n) is 3.76. The van der Waals surface area contributed by atoms with Gasteiger partial charge >= 0.3 is 0 Å². The average Bonchev–Trinajstić information content (AvgIpc) is 3.09.